The molecule has 1 aromatic heterocycles. The number of H-pyrrole nitrogens is 1. The van der Waals surface area contributed by atoms with Gasteiger partial charge in [0.15, 0.2) is 5.78 Å². The molecule has 0 spiro atoms. The van der Waals surface area contributed by atoms with Crippen LogP contribution in [0.25, 0.3) is 10.9 Å². The second kappa shape index (κ2) is 6.59. The number of hydrogen-bond donors (Lipinski definition) is 2. The zero-order valence-corrected chi connectivity index (χ0v) is 14.5. The van der Waals surface area contributed by atoms with Gasteiger partial charge >= 0.3 is 0 Å². The van der Waals surface area contributed by atoms with E-state index in [1.54, 1.807) is 30.5 Å². The van der Waals surface area contributed by atoms with Crippen molar-refractivity contribution in [3.05, 3.63) is 70.9 Å². The van der Waals surface area contributed by atoms with Crippen LogP contribution in [0.2, 0.25) is 0 Å². The van der Waals surface area contributed by atoms with E-state index in [4.69, 9.17) is 0 Å². The molecule has 1 aliphatic carbocycles. The minimum absolute atomic E-state index is 0.0258. The van der Waals surface area contributed by atoms with E-state index >= 15 is 0 Å². The summed E-state index contributed by atoms with van der Waals surface area (Å²) in [6.45, 7) is 2.05. The Balaban J connectivity index is 1.51. The SMILES string of the molecule is Cc1ccc2[nH]c3c(c2c1)CC[C@H](/C=N\NC(=O)c1ccccc1)C3=O. The van der Waals surface area contributed by atoms with Crippen LogP contribution in [0.4, 0.5) is 0 Å². The Bertz CT molecular complexity index is 1020. The third-order valence-corrected chi connectivity index (χ3v) is 4.81. The third kappa shape index (κ3) is 2.92. The highest BCUT2D eigenvalue weighted by Crippen LogP contribution is 2.31. The van der Waals surface area contributed by atoms with Crippen LogP contribution in [-0.2, 0) is 6.42 Å². The van der Waals surface area contributed by atoms with Crippen LogP contribution >= 0.6 is 0 Å². The van der Waals surface area contributed by atoms with Gasteiger partial charge in [-0.3, -0.25) is 9.59 Å². The molecule has 5 nitrogen and oxygen atoms in total. The second-order valence-corrected chi connectivity index (χ2v) is 6.62. The molecule has 1 amide bonds. The lowest BCUT2D eigenvalue weighted by Gasteiger charge is -2.17. The highest BCUT2D eigenvalue weighted by Gasteiger charge is 2.29. The number of ketones is 1. The summed E-state index contributed by atoms with van der Waals surface area (Å²) >= 11 is 0. The zero-order valence-electron chi connectivity index (χ0n) is 14.5. The van der Waals surface area contributed by atoms with Crippen LogP contribution < -0.4 is 5.43 Å². The van der Waals surface area contributed by atoms with Crippen molar-refractivity contribution < 1.29 is 9.59 Å². The first-order valence-electron chi connectivity index (χ1n) is 8.67. The average Bonchev–Trinajstić information content (AvgIpc) is 3.03. The summed E-state index contributed by atoms with van der Waals surface area (Å²) in [7, 11) is 0. The number of Topliss-reactive ketones (excluding diaryl/α,β-unsaturated/α-hetero) is 1. The number of carbonyl (C=O) groups excluding carboxylic acids is 2. The normalized spacial score (nSPS) is 16.8. The molecule has 1 heterocycles. The Hall–Kier alpha value is -3.21. The number of nitrogens with one attached hydrogen (secondary N) is 2. The summed E-state index contributed by atoms with van der Waals surface area (Å²) in [6, 6.07) is 15.0. The maximum Gasteiger partial charge on any atom is 0.271 e. The van der Waals surface area contributed by atoms with Crippen molar-refractivity contribution in [2.45, 2.75) is 19.8 Å². The number of benzene rings is 2. The molecule has 5 heteroatoms. The van der Waals surface area contributed by atoms with Gasteiger partial charge in [-0.25, -0.2) is 5.43 Å². The smallest absolute Gasteiger partial charge is 0.271 e. The molecule has 0 radical (unpaired) electrons. The van der Waals surface area contributed by atoms with Gasteiger partial charge < -0.3 is 4.98 Å². The predicted octanol–water partition coefficient (Wildman–Crippen LogP) is 3.64. The predicted molar refractivity (Wildman–Crippen MR) is 102 cm³/mol. The minimum atomic E-state index is -0.326. The van der Waals surface area contributed by atoms with Gasteiger partial charge in [0.25, 0.3) is 5.91 Å². The molecule has 130 valence electrons. The summed E-state index contributed by atoms with van der Waals surface area (Å²) in [5, 5.41) is 5.13. The topological polar surface area (TPSA) is 74.3 Å². The summed E-state index contributed by atoms with van der Waals surface area (Å²) < 4.78 is 0. The highest BCUT2D eigenvalue weighted by molar-refractivity contribution is 6.10. The van der Waals surface area contributed by atoms with E-state index in [-0.39, 0.29) is 17.6 Å². The average molecular weight is 345 g/mol. The number of fused-ring (bicyclic) bond motifs is 3. The molecular weight excluding hydrogens is 326 g/mol. The zero-order chi connectivity index (χ0) is 18.1. The molecule has 2 aromatic carbocycles. The summed E-state index contributed by atoms with van der Waals surface area (Å²) in [6.07, 6.45) is 3.05. The Morgan fingerprint density at radius 2 is 2.04 bits per heavy atom. The van der Waals surface area contributed by atoms with Crippen LogP contribution in [0, 0.1) is 12.8 Å². The van der Waals surface area contributed by atoms with Gasteiger partial charge in [0, 0.05) is 22.7 Å². The standard InChI is InChI=1S/C21H19N3O2/c1-13-7-10-18-17(11-13)16-9-8-15(20(25)19(16)23-18)12-22-24-21(26)14-5-3-2-4-6-14/h2-7,10-12,15,23H,8-9H2,1H3,(H,24,26)/b22-12-/t15-/m1/s1. The van der Waals surface area contributed by atoms with Crippen molar-refractivity contribution in [3.63, 3.8) is 0 Å². The lowest BCUT2D eigenvalue weighted by atomic mass is 9.86. The number of hydrogen-bond acceptors (Lipinski definition) is 3. The van der Waals surface area contributed by atoms with E-state index in [1.165, 1.54) is 5.56 Å². The minimum Gasteiger partial charge on any atom is -0.352 e. The number of aromatic nitrogens is 1. The van der Waals surface area contributed by atoms with Gasteiger partial charge in [-0.2, -0.15) is 5.10 Å². The van der Waals surface area contributed by atoms with Crippen molar-refractivity contribution in [2.75, 3.05) is 0 Å². The molecule has 2 N–H and O–H groups in total. The van der Waals surface area contributed by atoms with Crippen LogP contribution in [0.3, 0.4) is 0 Å². The molecule has 0 aliphatic heterocycles. The maximum atomic E-state index is 12.8. The molecule has 0 saturated heterocycles. The van der Waals surface area contributed by atoms with Crippen molar-refractivity contribution in [3.8, 4) is 0 Å². The first kappa shape index (κ1) is 16.3. The molecule has 0 saturated carbocycles. The Morgan fingerprint density at radius 3 is 2.85 bits per heavy atom. The van der Waals surface area contributed by atoms with Crippen molar-refractivity contribution in [2.24, 2.45) is 11.0 Å². The lowest BCUT2D eigenvalue weighted by Crippen LogP contribution is -2.25. The van der Waals surface area contributed by atoms with Crippen molar-refractivity contribution in [1.29, 1.82) is 0 Å². The first-order valence-corrected chi connectivity index (χ1v) is 8.67. The second-order valence-electron chi connectivity index (χ2n) is 6.62. The molecule has 1 aliphatic rings. The monoisotopic (exact) mass is 345 g/mol. The molecule has 0 bridgehead atoms. The van der Waals surface area contributed by atoms with Gasteiger partial charge in [0.05, 0.1) is 11.6 Å². The number of aryl methyl sites for hydroxylation is 2. The number of rotatable bonds is 3. The van der Waals surface area contributed by atoms with Gasteiger partial charge in [0.1, 0.15) is 0 Å². The van der Waals surface area contributed by atoms with Crippen LogP contribution in [0.15, 0.2) is 53.6 Å². The van der Waals surface area contributed by atoms with Crippen molar-refractivity contribution >= 4 is 28.8 Å². The van der Waals surface area contributed by atoms with E-state index < -0.39 is 0 Å². The molecule has 4 rings (SSSR count). The van der Waals surface area contributed by atoms with E-state index in [0.717, 1.165) is 22.9 Å². The third-order valence-electron chi connectivity index (χ3n) is 4.81. The van der Waals surface area contributed by atoms with E-state index in [1.807, 2.05) is 25.1 Å². The molecular formula is C21H19N3O2. The molecule has 3 aromatic rings. The van der Waals surface area contributed by atoms with Gasteiger partial charge in [-0.05, 0) is 49.6 Å². The summed E-state index contributed by atoms with van der Waals surface area (Å²) in [4.78, 5) is 28.0. The number of hydrazone groups is 1. The van der Waals surface area contributed by atoms with Crippen molar-refractivity contribution in [1.82, 2.24) is 10.4 Å². The lowest BCUT2D eigenvalue weighted by molar-refractivity contribution is 0.0929. The van der Waals surface area contributed by atoms with Crippen LogP contribution in [-0.4, -0.2) is 22.9 Å². The Kier molecular flexibility index (Phi) is 4.13. The molecule has 26 heavy (non-hydrogen) atoms. The molecule has 0 fully saturated rings. The van der Waals surface area contributed by atoms with E-state index in [2.05, 4.69) is 21.6 Å². The fourth-order valence-corrected chi connectivity index (χ4v) is 3.43. The largest absolute Gasteiger partial charge is 0.352 e. The number of amides is 1. The quantitative estimate of drug-likeness (QED) is 0.562. The fraction of sp³-hybridized carbons (Fsp3) is 0.190. The number of nitrogens with zero attached hydrogens (tertiary/aromatic N) is 1. The van der Waals surface area contributed by atoms with Gasteiger partial charge in [-0.15, -0.1) is 0 Å². The summed E-state index contributed by atoms with van der Waals surface area (Å²) in [5.41, 5.74) is 6.96. The summed E-state index contributed by atoms with van der Waals surface area (Å²) in [5.74, 6) is -0.586. The van der Waals surface area contributed by atoms with Crippen LogP contribution in [0.1, 0.15) is 38.4 Å². The fourth-order valence-electron chi connectivity index (χ4n) is 3.43. The Labute approximate surface area is 151 Å². The van der Waals surface area contributed by atoms with Crippen LogP contribution in [0.5, 0.6) is 0 Å². The Morgan fingerprint density at radius 1 is 1.23 bits per heavy atom. The molecule has 0 unspecified atom stereocenters. The maximum absolute atomic E-state index is 12.8. The first-order chi connectivity index (χ1) is 12.6. The van der Waals surface area contributed by atoms with E-state index in [0.29, 0.717) is 17.7 Å². The highest BCUT2D eigenvalue weighted by atomic mass is 16.2. The van der Waals surface area contributed by atoms with Gasteiger partial charge in [-0.1, -0.05) is 29.8 Å². The number of aromatic amines is 1. The van der Waals surface area contributed by atoms with E-state index in [9.17, 15) is 9.59 Å². The number of carbonyl (C=O) groups is 2. The van der Waals surface area contributed by atoms with Gasteiger partial charge in [0.2, 0.25) is 0 Å². The molecule has 1 atom stereocenters.